The van der Waals surface area contributed by atoms with E-state index in [4.69, 9.17) is 11.6 Å². The van der Waals surface area contributed by atoms with Crippen LogP contribution >= 0.6 is 11.6 Å². The van der Waals surface area contributed by atoms with Crippen LogP contribution in [0.1, 0.15) is 11.3 Å². The maximum absolute atomic E-state index is 10.8. The van der Waals surface area contributed by atoms with Crippen molar-refractivity contribution < 1.29 is 4.92 Å². The van der Waals surface area contributed by atoms with Crippen LogP contribution in [0.2, 0.25) is 5.02 Å². The molecule has 0 aliphatic heterocycles. The summed E-state index contributed by atoms with van der Waals surface area (Å²) >= 11 is 5.88. The molecule has 2 rings (SSSR count). The van der Waals surface area contributed by atoms with Crippen molar-refractivity contribution in [3.05, 3.63) is 50.8 Å². The van der Waals surface area contributed by atoms with Gasteiger partial charge >= 0.3 is 0 Å². The third-order valence-corrected chi connectivity index (χ3v) is 3.02. The summed E-state index contributed by atoms with van der Waals surface area (Å²) < 4.78 is 1.71. The molecule has 1 aromatic carbocycles. The van der Waals surface area contributed by atoms with Crippen LogP contribution in [0.4, 0.5) is 11.4 Å². The standard InChI is InChI=1S/C12H13ClN4O2/c1-8-5-12(17(18)19)10(13)6-11(8)14-7-9-3-4-16(2)15-9/h3-6,14H,7H2,1-2H3. The van der Waals surface area contributed by atoms with Crippen molar-refractivity contribution in [1.82, 2.24) is 9.78 Å². The Kier molecular flexibility index (Phi) is 3.71. The molecule has 0 saturated carbocycles. The minimum Gasteiger partial charge on any atom is -0.379 e. The third-order valence-electron chi connectivity index (χ3n) is 2.72. The summed E-state index contributed by atoms with van der Waals surface area (Å²) in [6, 6.07) is 4.93. The van der Waals surface area contributed by atoms with Crippen molar-refractivity contribution in [2.24, 2.45) is 7.05 Å². The normalized spacial score (nSPS) is 10.5. The van der Waals surface area contributed by atoms with Crippen LogP contribution in [-0.4, -0.2) is 14.7 Å². The second kappa shape index (κ2) is 5.27. The average Bonchev–Trinajstić information content (AvgIpc) is 2.75. The second-order valence-corrected chi connectivity index (χ2v) is 4.62. The Hall–Kier alpha value is -2.08. The Labute approximate surface area is 115 Å². The lowest BCUT2D eigenvalue weighted by molar-refractivity contribution is -0.384. The molecule has 0 radical (unpaired) electrons. The van der Waals surface area contributed by atoms with Gasteiger partial charge in [0.05, 0.1) is 17.2 Å². The highest BCUT2D eigenvalue weighted by Gasteiger charge is 2.14. The van der Waals surface area contributed by atoms with Crippen LogP contribution in [0, 0.1) is 17.0 Å². The van der Waals surface area contributed by atoms with E-state index >= 15 is 0 Å². The highest BCUT2D eigenvalue weighted by atomic mass is 35.5. The molecular formula is C12H13ClN4O2. The van der Waals surface area contributed by atoms with Crippen molar-refractivity contribution in [3.8, 4) is 0 Å². The van der Waals surface area contributed by atoms with Crippen LogP contribution in [0.5, 0.6) is 0 Å². The smallest absolute Gasteiger partial charge is 0.288 e. The first kappa shape index (κ1) is 13.4. The van der Waals surface area contributed by atoms with Gasteiger partial charge in [0.25, 0.3) is 5.69 Å². The van der Waals surface area contributed by atoms with E-state index in [0.717, 1.165) is 16.9 Å². The number of nitrogens with zero attached hydrogens (tertiary/aromatic N) is 3. The molecule has 0 amide bonds. The van der Waals surface area contributed by atoms with Gasteiger partial charge in [0.2, 0.25) is 0 Å². The molecule has 0 unspecified atom stereocenters. The van der Waals surface area contributed by atoms with Gasteiger partial charge in [-0.05, 0) is 24.6 Å². The maximum atomic E-state index is 10.8. The molecule has 0 saturated heterocycles. The lowest BCUT2D eigenvalue weighted by atomic mass is 10.1. The Bertz CT molecular complexity index is 624. The van der Waals surface area contributed by atoms with Gasteiger partial charge in [-0.3, -0.25) is 14.8 Å². The van der Waals surface area contributed by atoms with Gasteiger partial charge in [-0.1, -0.05) is 11.6 Å². The van der Waals surface area contributed by atoms with Crippen LogP contribution < -0.4 is 5.32 Å². The first-order valence-corrected chi connectivity index (χ1v) is 6.02. The number of aryl methyl sites for hydroxylation is 2. The molecule has 100 valence electrons. The molecule has 0 aliphatic carbocycles. The predicted octanol–water partition coefficient (Wildman–Crippen LogP) is 2.90. The number of halogens is 1. The van der Waals surface area contributed by atoms with Crippen LogP contribution in [0.15, 0.2) is 24.4 Å². The number of nitro benzene ring substituents is 1. The molecule has 0 spiro atoms. The summed E-state index contributed by atoms with van der Waals surface area (Å²) in [6.45, 7) is 2.33. The summed E-state index contributed by atoms with van der Waals surface area (Å²) in [4.78, 5) is 10.3. The van der Waals surface area contributed by atoms with Crippen molar-refractivity contribution in [1.29, 1.82) is 0 Å². The predicted molar refractivity (Wildman–Crippen MR) is 73.4 cm³/mol. The lowest BCUT2D eigenvalue weighted by Crippen LogP contribution is -2.03. The van der Waals surface area contributed by atoms with E-state index in [1.165, 1.54) is 6.07 Å². The molecule has 19 heavy (non-hydrogen) atoms. The lowest BCUT2D eigenvalue weighted by Gasteiger charge is -2.09. The summed E-state index contributed by atoms with van der Waals surface area (Å²) in [5.74, 6) is 0. The number of nitro groups is 1. The molecule has 2 aromatic rings. The van der Waals surface area contributed by atoms with E-state index in [2.05, 4.69) is 10.4 Å². The molecule has 0 aliphatic rings. The number of hydrogen-bond acceptors (Lipinski definition) is 4. The van der Waals surface area contributed by atoms with Crippen LogP contribution in [0.25, 0.3) is 0 Å². The minimum absolute atomic E-state index is 0.0810. The highest BCUT2D eigenvalue weighted by molar-refractivity contribution is 6.33. The van der Waals surface area contributed by atoms with E-state index in [1.807, 2.05) is 19.3 Å². The fraction of sp³-hybridized carbons (Fsp3) is 0.250. The molecule has 0 atom stereocenters. The second-order valence-electron chi connectivity index (χ2n) is 4.21. The number of aromatic nitrogens is 2. The number of benzene rings is 1. The Morgan fingerprint density at radius 1 is 1.53 bits per heavy atom. The number of rotatable bonds is 4. The van der Waals surface area contributed by atoms with Gasteiger partial charge < -0.3 is 5.32 Å². The van der Waals surface area contributed by atoms with E-state index in [-0.39, 0.29) is 10.7 Å². The Balaban J connectivity index is 2.17. The summed E-state index contributed by atoms with van der Waals surface area (Å²) in [5, 5.41) is 18.3. The zero-order valence-corrected chi connectivity index (χ0v) is 11.3. The molecular weight excluding hydrogens is 268 g/mol. The number of anilines is 1. The van der Waals surface area contributed by atoms with E-state index in [9.17, 15) is 10.1 Å². The average molecular weight is 281 g/mol. The van der Waals surface area contributed by atoms with Crippen molar-refractivity contribution >= 4 is 23.0 Å². The van der Waals surface area contributed by atoms with Crippen LogP contribution in [0.3, 0.4) is 0 Å². The van der Waals surface area contributed by atoms with Crippen LogP contribution in [-0.2, 0) is 13.6 Å². The molecule has 6 nitrogen and oxygen atoms in total. The van der Waals surface area contributed by atoms with Crippen molar-refractivity contribution in [2.45, 2.75) is 13.5 Å². The van der Waals surface area contributed by atoms with E-state index in [0.29, 0.717) is 6.54 Å². The summed E-state index contributed by atoms with van der Waals surface area (Å²) in [7, 11) is 1.84. The van der Waals surface area contributed by atoms with Crippen molar-refractivity contribution in [2.75, 3.05) is 5.32 Å². The third kappa shape index (κ3) is 3.03. The van der Waals surface area contributed by atoms with Gasteiger partial charge in [0, 0.05) is 25.0 Å². The maximum Gasteiger partial charge on any atom is 0.288 e. The van der Waals surface area contributed by atoms with Gasteiger partial charge in [-0.25, -0.2) is 0 Å². The molecule has 0 fully saturated rings. The highest BCUT2D eigenvalue weighted by Crippen LogP contribution is 2.30. The zero-order valence-electron chi connectivity index (χ0n) is 10.6. The Morgan fingerprint density at radius 2 is 2.26 bits per heavy atom. The fourth-order valence-corrected chi connectivity index (χ4v) is 1.97. The number of hydrogen-bond donors (Lipinski definition) is 1. The first-order chi connectivity index (χ1) is 8.97. The fourth-order valence-electron chi connectivity index (χ4n) is 1.74. The quantitative estimate of drug-likeness (QED) is 0.690. The zero-order chi connectivity index (χ0) is 14.0. The first-order valence-electron chi connectivity index (χ1n) is 5.64. The topological polar surface area (TPSA) is 73.0 Å². The summed E-state index contributed by atoms with van der Waals surface area (Å²) in [6.07, 6.45) is 1.85. The molecule has 1 N–H and O–H groups in total. The van der Waals surface area contributed by atoms with Crippen molar-refractivity contribution in [3.63, 3.8) is 0 Å². The Morgan fingerprint density at radius 3 is 2.84 bits per heavy atom. The molecule has 1 aromatic heterocycles. The number of nitrogens with one attached hydrogen (secondary N) is 1. The molecule has 7 heteroatoms. The van der Waals surface area contributed by atoms with E-state index < -0.39 is 4.92 Å². The van der Waals surface area contributed by atoms with Gasteiger partial charge in [0.1, 0.15) is 5.02 Å². The van der Waals surface area contributed by atoms with Gasteiger partial charge in [0.15, 0.2) is 0 Å². The van der Waals surface area contributed by atoms with Gasteiger partial charge in [-0.15, -0.1) is 0 Å². The molecule has 1 heterocycles. The minimum atomic E-state index is -0.488. The monoisotopic (exact) mass is 280 g/mol. The van der Waals surface area contributed by atoms with E-state index in [1.54, 1.807) is 17.7 Å². The molecule has 0 bridgehead atoms. The summed E-state index contributed by atoms with van der Waals surface area (Å²) in [5.41, 5.74) is 2.34. The SMILES string of the molecule is Cc1cc([N+](=O)[O-])c(Cl)cc1NCc1ccn(C)n1. The largest absolute Gasteiger partial charge is 0.379 e. The van der Waals surface area contributed by atoms with Gasteiger partial charge in [-0.2, -0.15) is 5.10 Å².